The largest absolute Gasteiger partial charge is 0.478 e. The minimum Gasteiger partial charge on any atom is -0.478 e. The highest BCUT2D eigenvalue weighted by molar-refractivity contribution is 9.10. The second-order valence-corrected chi connectivity index (χ2v) is 5.05. The van der Waals surface area contributed by atoms with E-state index in [4.69, 9.17) is 0 Å². The summed E-state index contributed by atoms with van der Waals surface area (Å²) in [7, 11) is 0. The Morgan fingerprint density at radius 2 is 2.10 bits per heavy atom. The number of carboxylic acids is 1. The normalized spacial score (nSPS) is 10.9. The molecule has 0 amide bonds. The zero-order chi connectivity index (χ0) is 14.3. The molecule has 1 aromatic heterocycles. The molecule has 0 aliphatic rings. The third kappa shape index (κ3) is 1.98. The molecule has 0 saturated carbocycles. The van der Waals surface area contributed by atoms with E-state index in [1.54, 1.807) is 28.8 Å². The van der Waals surface area contributed by atoms with E-state index in [-0.39, 0.29) is 11.4 Å². The van der Waals surface area contributed by atoms with Crippen LogP contribution in [0.4, 0.5) is 4.39 Å². The average molecular weight is 335 g/mol. The number of halogens is 2. The number of imidazole rings is 1. The number of nitrogens with zero attached hydrogens (tertiary/aromatic N) is 2. The third-order valence-electron chi connectivity index (χ3n) is 2.98. The van der Waals surface area contributed by atoms with Crippen molar-refractivity contribution in [2.45, 2.75) is 0 Å². The Morgan fingerprint density at radius 3 is 2.80 bits per heavy atom. The van der Waals surface area contributed by atoms with E-state index in [0.29, 0.717) is 21.2 Å². The number of carboxylic acid groups (broad SMARTS) is 1. The maximum Gasteiger partial charge on any atom is 0.337 e. The van der Waals surface area contributed by atoms with Crippen LogP contribution in [0.1, 0.15) is 10.4 Å². The molecule has 2 aromatic carbocycles. The maximum atomic E-state index is 13.3. The SMILES string of the molecule is O=C(O)c1cccc2ncn(-c3ccc(F)c(Br)c3)c12. The lowest BCUT2D eigenvalue weighted by Gasteiger charge is -2.07. The third-order valence-corrected chi connectivity index (χ3v) is 3.59. The Kier molecular flexibility index (Phi) is 3.02. The summed E-state index contributed by atoms with van der Waals surface area (Å²) in [6.07, 6.45) is 1.52. The van der Waals surface area contributed by atoms with Gasteiger partial charge in [-0.15, -0.1) is 0 Å². The number of aromatic carboxylic acids is 1. The molecule has 4 nitrogen and oxygen atoms in total. The molecule has 0 aliphatic heterocycles. The summed E-state index contributed by atoms with van der Waals surface area (Å²) in [4.78, 5) is 15.5. The first-order valence-electron chi connectivity index (χ1n) is 5.72. The van der Waals surface area contributed by atoms with Gasteiger partial charge in [0.05, 0.1) is 21.1 Å². The number of hydrogen-bond acceptors (Lipinski definition) is 2. The summed E-state index contributed by atoms with van der Waals surface area (Å²) in [5, 5.41) is 9.26. The highest BCUT2D eigenvalue weighted by atomic mass is 79.9. The van der Waals surface area contributed by atoms with Crippen LogP contribution in [0.3, 0.4) is 0 Å². The highest BCUT2D eigenvalue weighted by Crippen LogP contribution is 2.25. The monoisotopic (exact) mass is 334 g/mol. The number of hydrogen-bond donors (Lipinski definition) is 1. The first-order chi connectivity index (χ1) is 9.58. The number of rotatable bonds is 2. The molecule has 0 radical (unpaired) electrons. The number of carbonyl (C=O) groups is 1. The minimum atomic E-state index is -1.03. The van der Waals surface area contributed by atoms with Gasteiger partial charge in [-0.3, -0.25) is 4.57 Å². The lowest BCUT2D eigenvalue weighted by Crippen LogP contribution is -2.01. The van der Waals surface area contributed by atoms with Crippen molar-refractivity contribution in [2.24, 2.45) is 0 Å². The van der Waals surface area contributed by atoms with Crippen LogP contribution >= 0.6 is 15.9 Å². The molecule has 0 saturated heterocycles. The van der Waals surface area contributed by atoms with E-state index in [1.807, 2.05) is 0 Å². The van der Waals surface area contributed by atoms with Crippen LogP contribution in [0.25, 0.3) is 16.7 Å². The zero-order valence-electron chi connectivity index (χ0n) is 10.0. The van der Waals surface area contributed by atoms with E-state index < -0.39 is 5.97 Å². The molecule has 3 aromatic rings. The highest BCUT2D eigenvalue weighted by Gasteiger charge is 2.14. The molecule has 0 spiro atoms. The molecule has 6 heteroatoms. The first-order valence-corrected chi connectivity index (χ1v) is 6.52. The van der Waals surface area contributed by atoms with Crippen molar-refractivity contribution in [3.63, 3.8) is 0 Å². The van der Waals surface area contributed by atoms with Gasteiger partial charge < -0.3 is 5.11 Å². The van der Waals surface area contributed by atoms with Gasteiger partial charge in [-0.2, -0.15) is 0 Å². The van der Waals surface area contributed by atoms with Gasteiger partial charge in [-0.1, -0.05) is 6.07 Å². The predicted molar refractivity (Wildman–Crippen MR) is 75.7 cm³/mol. The predicted octanol–water partition coefficient (Wildman–Crippen LogP) is 3.63. The van der Waals surface area contributed by atoms with Crippen LogP contribution in [-0.4, -0.2) is 20.6 Å². The van der Waals surface area contributed by atoms with E-state index >= 15 is 0 Å². The summed E-state index contributed by atoms with van der Waals surface area (Å²) < 4.78 is 15.2. The molecular weight excluding hydrogens is 327 g/mol. The Bertz CT molecular complexity index is 829. The number of aromatic nitrogens is 2. The summed E-state index contributed by atoms with van der Waals surface area (Å²) in [5.74, 6) is -1.41. The first kappa shape index (κ1) is 12.8. The fourth-order valence-electron chi connectivity index (χ4n) is 2.07. The number of fused-ring (bicyclic) bond motifs is 1. The van der Waals surface area contributed by atoms with Gasteiger partial charge in [0.1, 0.15) is 12.1 Å². The fourth-order valence-corrected chi connectivity index (χ4v) is 2.44. The van der Waals surface area contributed by atoms with Gasteiger partial charge in [0.25, 0.3) is 0 Å². The van der Waals surface area contributed by atoms with Crippen molar-refractivity contribution < 1.29 is 14.3 Å². The Labute approximate surface area is 121 Å². The molecule has 100 valence electrons. The smallest absolute Gasteiger partial charge is 0.337 e. The van der Waals surface area contributed by atoms with Gasteiger partial charge in [0, 0.05) is 5.69 Å². The van der Waals surface area contributed by atoms with Crippen LogP contribution in [0, 0.1) is 5.82 Å². The van der Waals surface area contributed by atoms with Crippen LogP contribution < -0.4 is 0 Å². The minimum absolute atomic E-state index is 0.153. The van der Waals surface area contributed by atoms with E-state index in [9.17, 15) is 14.3 Å². The zero-order valence-corrected chi connectivity index (χ0v) is 11.6. The molecule has 0 unspecified atom stereocenters. The van der Waals surface area contributed by atoms with Crippen molar-refractivity contribution in [3.05, 3.63) is 58.6 Å². The molecule has 20 heavy (non-hydrogen) atoms. The summed E-state index contributed by atoms with van der Waals surface area (Å²) >= 11 is 3.12. The fraction of sp³-hybridized carbons (Fsp3) is 0. The average Bonchev–Trinajstić information content (AvgIpc) is 2.85. The van der Waals surface area contributed by atoms with Crippen molar-refractivity contribution in [1.29, 1.82) is 0 Å². The topological polar surface area (TPSA) is 55.1 Å². The van der Waals surface area contributed by atoms with E-state index in [1.165, 1.54) is 18.5 Å². The lowest BCUT2D eigenvalue weighted by molar-refractivity contribution is 0.0698. The van der Waals surface area contributed by atoms with Gasteiger partial charge in [0.15, 0.2) is 0 Å². The van der Waals surface area contributed by atoms with Crippen LogP contribution in [0.2, 0.25) is 0 Å². The summed E-state index contributed by atoms with van der Waals surface area (Å²) in [6, 6.07) is 9.35. The molecular formula is C14H8BrFN2O2. The van der Waals surface area contributed by atoms with Crippen molar-refractivity contribution in [1.82, 2.24) is 9.55 Å². The molecule has 0 bridgehead atoms. The number of benzene rings is 2. The Balaban J connectivity index is 2.31. The molecule has 3 rings (SSSR count). The Hall–Kier alpha value is -2.21. The molecule has 0 aliphatic carbocycles. The molecule has 1 heterocycles. The summed E-state index contributed by atoms with van der Waals surface area (Å²) in [5.41, 5.74) is 1.85. The Morgan fingerprint density at radius 1 is 1.30 bits per heavy atom. The van der Waals surface area contributed by atoms with Crippen LogP contribution in [0.15, 0.2) is 47.2 Å². The lowest BCUT2D eigenvalue weighted by atomic mass is 10.2. The van der Waals surface area contributed by atoms with Gasteiger partial charge in [-0.25, -0.2) is 14.2 Å². The van der Waals surface area contributed by atoms with Crippen LogP contribution in [-0.2, 0) is 0 Å². The van der Waals surface area contributed by atoms with Crippen molar-refractivity contribution >= 4 is 32.9 Å². The van der Waals surface area contributed by atoms with Gasteiger partial charge in [-0.05, 0) is 46.3 Å². The quantitative estimate of drug-likeness (QED) is 0.778. The van der Waals surface area contributed by atoms with Gasteiger partial charge >= 0.3 is 5.97 Å². The number of para-hydroxylation sites is 1. The van der Waals surface area contributed by atoms with E-state index in [2.05, 4.69) is 20.9 Å². The second-order valence-electron chi connectivity index (χ2n) is 4.19. The standard InChI is InChI=1S/C14H8BrFN2O2/c15-10-6-8(4-5-11(10)16)18-7-17-12-3-1-2-9(13(12)18)14(19)20/h1-7H,(H,19,20). The summed E-state index contributed by atoms with van der Waals surface area (Å²) in [6.45, 7) is 0. The van der Waals surface area contributed by atoms with Crippen molar-refractivity contribution in [3.8, 4) is 5.69 Å². The molecule has 0 fully saturated rings. The van der Waals surface area contributed by atoms with E-state index in [0.717, 1.165) is 0 Å². The molecule has 0 atom stereocenters. The molecule has 1 N–H and O–H groups in total. The second kappa shape index (κ2) is 4.72. The maximum absolute atomic E-state index is 13.3. The van der Waals surface area contributed by atoms with Crippen LogP contribution in [0.5, 0.6) is 0 Å². The van der Waals surface area contributed by atoms with Gasteiger partial charge in [0.2, 0.25) is 0 Å². The van der Waals surface area contributed by atoms with Crippen molar-refractivity contribution in [2.75, 3.05) is 0 Å².